The van der Waals surface area contributed by atoms with Gasteiger partial charge in [0, 0.05) is 37.6 Å². The third-order valence-corrected chi connectivity index (χ3v) is 7.27. The van der Waals surface area contributed by atoms with Crippen LogP contribution >= 0.6 is 27.7 Å². The van der Waals surface area contributed by atoms with E-state index in [-0.39, 0.29) is 28.3 Å². The average molecular weight is 628 g/mol. The topological polar surface area (TPSA) is 102 Å². The monoisotopic (exact) mass is 627 g/mol. The molecule has 0 saturated heterocycles. The van der Waals surface area contributed by atoms with Gasteiger partial charge in [0.15, 0.2) is 11.3 Å². The minimum absolute atomic E-state index is 0.0120. The zero-order chi connectivity index (χ0) is 28.6. The molecule has 0 atom stereocenters. The maximum atomic E-state index is 13.9. The second kappa shape index (κ2) is 10.7. The van der Waals surface area contributed by atoms with Gasteiger partial charge in [0.05, 0.1) is 16.8 Å². The van der Waals surface area contributed by atoms with Crippen molar-refractivity contribution in [2.45, 2.75) is 22.9 Å². The lowest BCUT2D eigenvalue weighted by Crippen LogP contribution is -2.16. The third-order valence-electron chi connectivity index (χ3n) is 5.76. The number of aromatic nitrogens is 3. The largest absolute Gasteiger partial charge is 0.433 e. The number of carbonyl (C=O) groups excluding carboxylic acids is 1. The van der Waals surface area contributed by atoms with Crippen LogP contribution in [0, 0.1) is 17.0 Å². The Bertz CT molecular complexity index is 1760. The minimum Gasteiger partial charge on any atom is -0.322 e. The number of fused-ring (bicyclic) bond motifs is 1. The van der Waals surface area contributed by atoms with Gasteiger partial charge < -0.3 is 5.32 Å². The summed E-state index contributed by atoms with van der Waals surface area (Å²) in [6.45, 7) is 1.84. The highest BCUT2D eigenvalue weighted by molar-refractivity contribution is 9.10. The van der Waals surface area contributed by atoms with Crippen molar-refractivity contribution in [1.82, 2.24) is 14.6 Å². The summed E-state index contributed by atoms with van der Waals surface area (Å²) in [5.74, 6) is -0.822. The first-order chi connectivity index (χ1) is 19.0. The number of nitrogens with zero attached hydrogens (tertiary/aromatic N) is 4. The summed E-state index contributed by atoms with van der Waals surface area (Å²) in [5.41, 5.74) is -0.459. The summed E-state index contributed by atoms with van der Waals surface area (Å²) < 4.78 is 43.3. The molecule has 0 saturated carbocycles. The molecule has 5 aromatic rings. The van der Waals surface area contributed by atoms with E-state index in [0.29, 0.717) is 15.0 Å². The van der Waals surface area contributed by atoms with Crippen LogP contribution in [-0.2, 0) is 6.18 Å². The van der Waals surface area contributed by atoms with E-state index in [9.17, 15) is 28.1 Å². The number of alkyl halides is 3. The average Bonchev–Trinajstić information content (AvgIpc) is 3.33. The smallest absolute Gasteiger partial charge is 0.322 e. The molecule has 0 unspecified atom stereocenters. The molecule has 3 aromatic carbocycles. The van der Waals surface area contributed by atoms with E-state index in [4.69, 9.17) is 0 Å². The molecule has 2 heterocycles. The van der Waals surface area contributed by atoms with Crippen molar-refractivity contribution in [3.05, 3.63) is 110 Å². The Morgan fingerprint density at radius 3 is 2.38 bits per heavy atom. The van der Waals surface area contributed by atoms with Crippen LogP contribution < -0.4 is 5.32 Å². The molecule has 8 nitrogen and oxygen atoms in total. The Hall–Kier alpha value is -4.23. The standard InChI is InChI=1S/C27H17BrF3N5O3S/c1-15-2-4-16(5-3-15)23-13-24(27(29,30)31)35-25(34-23)22(14-32-35)26(37)33-18-10-19(36(38)39)12-21(11-18)40-20-8-6-17(28)7-9-20/h2-14H,1H3,(H,33,37). The van der Waals surface area contributed by atoms with Gasteiger partial charge in [-0.05, 0) is 43.3 Å². The Morgan fingerprint density at radius 2 is 1.73 bits per heavy atom. The van der Waals surface area contributed by atoms with Crippen LogP contribution in [0.3, 0.4) is 0 Å². The van der Waals surface area contributed by atoms with Gasteiger partial charge in [-0.25, -0.2) is 9.50 Å². The second-order valence-corrected chi connectivity index (χ2v) is 10.7. The molecule has 0 aliphatic heterocycles. The number of nitro groups is 1. The minimum atomic E-state index is -4.78. The fourth-order valence-corrected chi connectivity index (χ4v) is 5.03. The van der Waals surface area contributed by atoms with Gasteiger partial charge in [0.2, 0.25) is 0 Å². The summed E-state index contributed by atoms with van der Waals surface area (Å²) in [6.07, 6.45) is -3.79. The van der Waals surface area contributed by atoms with E-state index in [1.165, 1.54) is 30.0 Å². The quantitative estimate of drug-likeness (QED) is 0.152. The Kier molecular flexibility index (Phi) is 7.34. The van der Waals surface area contributed by atoms with Gasteiger partial charge in [-0.2, -0.15) is 18.3 Å². The van der Waals surface area contributed by atoms with E-state index in [1.54, 1.807) is 24.3 Å². The molecular weight excluding hydrogens is 611 g/mol. The molecule has 13 heteroatoms. The number of amides is 1. The fourth-order valence-electron chi connectivity index (χ4n) is 3.85. The number of nitro benzene ring substituents is 1. The number of aryl methyl sites for hydroxylation is 1. The van der Waals surface area contributed by atoms with Crippen LogP contribution in [-0.4, -0.2) is 25.4 Å². The Labute approximate surface area is 237 Å². The predicted octanol–water partition coefficient (Wildman–Crippen LogP) is 7.80. The number of non-ortho nitro benzene ring substituents is 1. The number of benzene rings is 3. The summed E-state index contributed by atoms with van der Waals surface area (Å²) in [7, 11) is 0. The molecular formula is C27H17BrF3N5O3S. The highest BCUT2D eigenvalue weighted by Gasteiger charge is 2.36. The van der Waals surface area contributed by atoms with Gasteiger partial charge in [-0.3, -0.25) is 14.9 Å². The molecule has 5 rings (SSSR count). The molecule has 0 aliphatic rings. The molecule has 0 fully saturated rings. The maximum Gasteiger partial charge on any atom is 0.433 e. The van der Waals surface area contributed by atoms with E-state index in [2.05, 4.69) is 31.3 Å². The molecule has 202 valence electrons. The number of hydrogen-bond acceptors (Lipinski definition) is 6. The van der Waals surface area contributed by atoms with Crippen molar-refractivity contribution in [2.75, 3.05) is 5.32 Å². The lowest BCUT2D eigenvalue weighted by molar-refractivity contribution is -0.385. The van der Waals surface area contributed by atoms with E-state index >= 15 is 0 Å². The Balaban J connectivity index is 1.53. The number of carbonyl (C=O) groups is 1. The molecule has 0 bridgehead atoms. The summed E-state index contributed by atoms with van der Waals surface area (Å²) in [4.78, 5) is 29.8. The molecule has 2 aromatic heterocycles. The maximum absolute atomic E-state index is 13.9. The normalized spacial score (nSPS) is 11.5. The summed E-state index contributed by atoms with van der Waals surface area (Å²) in [5, 5.41) is 17.9. The highest BCUT2D eigenvalue weighted by Crippen LogP contribution is 2.35. The molecule has 0 spiro atoms. The summed E-state index contributed by atoms with van der Waals surface area (Å²) in [6, 6.07) is 19.0. The van der Waals surface area contributed by atoms with E-state index in [0.717, 1.165) is 27.2 Å². The summed E-state index contributed by atoms with van der Waals surface area (Å²) >= 11 is 4.60. The first kappa shape index (κ1) is 27.3. The Morgan fingerprint density at radius 1 is 1.02 bits per heavy atom. The van der Waals surface area contributed by atoms with Gasteiger partial charge in [0.1, 0.15) is 5.56 Å². The van der Waals surface area contributed by atoms with Crippen LogP contribution in [0.5, 0.6) is 0 Å². The van der Waals surface area contributed by atoms with Crippen molar-refractivity contribution in [3.8, 4) is 11.3 Å². The van der Waals surface area contributed by atoms with Crippen molar-refractivity contribution in [2.24, 2.45) is 0 Å². The number of anilines is 1. The van der Waals surface area contributed by atoms with Crippen LogP contribution in [0.15, 0.2) is 93.3 Å². The second-order valence-electron chi connectivity index (χ2n) is 8.67. The number of hydrogen-bond donors (Lipinski definition) is 1. The molecule has 0 aliphatic carbocycles. The highest BCUT2D eigenvalue weighted by atomic mass is 79.9. The van der Waals surface area contributed by atoms with Crippen LogP contribution in [0.1, 0.15) is 21.6 Å². The van der Waals surface area contributed by atoms with Crippen molar-refractivity contribution in [3.63, 3.8) is 0 Å². The number of nitrogens with one attached hydrogen (secondary N) is 1. The van der Waals surface area contributed by atoms with Crippen LogP contribution in [0.4, 0.5) is 24.5 Å². The zero-order valence-corrected chi connectivity index (χ0v) is 22.8. The van der Waals surface area contributed by atoms with Crippen molar-refractivity contribution < 1.29 is 22.9 Å². The lowest BCUT2D eigenvalue weighted by atomic mass is 10.1. The SMILES string of the molecule is Cc1ccc(-c2cc(C(F)(F)F)n3ncc(C(=O)Nc4cc(Sc5ccc(Br)cc5)cc([N+](=O)[O-])c4)c3n2)cc1. The number of halogens is 4. The van der Waals surface area contributed by atoms with E-state index in [1.807, 2.05) is 31.2 Å². The fraction of sp³-hybridized carbons (Fsp3) is 0.0741. The predicted molar refractivity (Wildman–Crippen MR) is 147 cm³/mol. The molecule has 1 amide bonds. The third kappa shape index (κ3) is 5.84. The van der Waals surface area contributed by atoms with Gasteiger partial charge >= 0.3 is 6.18 Å². The van der Waals surface area contributed by atoms with Gasteiger partial charge in [-0.15, -0.1) is 0 Å². The number of rotatable bonds is 6. The molecule has 1 N–H and O–H groups in total. The lowest BCUT2D eigenvalue weighted by Gasteiger charge is -2.12. The van der Waals surface area contributed by atoms with Crippen LogP contribution in [0.25, 0.3) is 16.9 Å². The van der Waals surface area contributed by atoms with Gasteiger partial charge in [-0.1, -0.05) is 57.5 Å². The first-order valence-corrected chi connectivity index (χ1v) is 13.2. The molecule has 40 heavy (non-hydrogen) atoms. The first-order valence-electron chi connectivity index (χ1n) is 11.6. The zero-order valence-electron chi connectivity index (χ0n) is 20.4. The van der Waals surface area contributed by atoms with Crippen LogP contribution in [0.2, 0.25) is 0 Å². The van der Waals surface area contributed by atoms with Gasteiger partial charge in [0.25, 0.3) is 11.6 Å². The van der Waals surface area contributed by atoms with Crippen molar-refractivity contribution in [1.29, 1.82) is 0 Å². The van der Waals surface area contributed by atoms with E-state index < -0.39 is 22.7 Å². The van der Waals surface area contributed by atoms with Crippen molar-refractivity contribution >= 4 is 50.6 Å². The molecule has 0 radical (unpaired) electrons.